The zero-order valence-corrected chi connectivity index (χ0v) is 9.31. The fraction of sp³-hybridized carbons (Fsp3) is 0.583. The van der Waals surface area contributed by atoms with Crippen LogP contribution in [-0.2, 0) is 6.42 Å². The van der Waals surface area contributed by atoms with Gasteiger partial charge in [-0.2, -0.15) is 0 Å². The largest absolute Gasteiger partial charge is 0.383 e. The molecule has 3 heterocycles. The highest BCUT2D eigenvalue weighted by molar-refractivity contribution is 5.54. The zero-order chi connectivity index (χ0) is 11.0. The third-order valence-corrected chi connectivity index (χ3v) is 3.62. The molecule has 3 N–H and O–H groups in total. The van der Waals surface area contributed by atoms with Gasteiger partial charge < -0.3 is 15.6 Å². The van der Waals surface area contributed by atoms with Crippen LogP contribution in [0.5, 0.6) is 0 Å². The second-order valence-corrected chi connectivity index (χ2v) is 4.65. The molecule has 2 aliphatic rings. The molecule has 0 saturated carbocycles. The van der Waals surface area contributed by atoms with Crippen molar-refractivity contribution in [3.8, 4) is 0 Å². The average Bonchev–Trinajstić information content (AvgIpc) is 2.76. The van der Waals surface area contributed by atoms with Gasteiger partial charge in [-0.1, -0.05) is 0 Å². The van der Waals surface area contributed by atoms with E-state index in [9.17, 15) is 4.79 Å². The van der Waals surface area contributed by atoms with Gasteiger partial charge in [0, 0.05) is 24.2 Å². The number of H-pyrrole nitrogens is 1. The van der Waals surface area contributed by atoms with Crippen LogP contribution in [0.4, 0.5) is 5.69 Å². The van der Waals surface area contributed by atoms with E-state index in [4.69, 9.17) is 0 Å². The summed E-state index contributed by atoms with van der Waals surface area (Å²) in [6.45, 7) is 2.99. The summed E-state index contributed by atoms with van der Waals surface area (Å²) < 4.78 is 0. The molecule has 0 bridgehead atoms. The molecule has 1 saturated heterocycles. The smallest absolute Gasteiger partial charge is 0.251 e. The molecular formula is C12H17N3O. The maximum Gasteiger partial charge on any atom is 0.251 e. The van der Waals surface area contributed by atoms with Crippen molar-refractivity contribution in [1.29, 1.82) is 0 Å². The third-order valence-electron chi connectivity index (χ3n) is 3.62. The molecule has 0 aromatic carbocycles. The summed E-state index contributed by atoms with van der Waals surface area (Å²) >= 11 is 0. The minimum atomic E-state index is 0.120. The maximum absolute atomic E-state index is 12.0. The summed E-state index contributed by atoms with van der Waals surface area (Å²) in [6.07, 6.45) is 3.08. The van der Waals surface area contributed by atoms with E-state index in [1.807, 2.05) is 0 Å². The van der Waals surface area contributed by atoms with Gasteiger partial charge in [-0.05, 0) is 37.9 Å². The monoisotopic (exact) mass is 219 g/mol. The summed E-state index contributed by atoms with van der Waals surface area (Å²) in [5, 5.41) is 6.65. The van der Waals surface area contributed by atoms with Gasteiger partial charge in [0.1, 0.15) is 0 Å². The fourth-order valence-corrected chi connectivity index (χ4v) is 2.70. The van der Waals surface area contributed by atoms with E-state index < -0.39 is 0 Å². The Morgan fingerprint density at radius 1 is 1.19 bits per heavy atom. The Labute approximate surface area is 94.5 Å². The van der Waals surface area contributed by atoms with Crippen molar-refractivity contribution in [2.45, 2.75) is 25.2 Å². The van der Waals surface area contributed by atoms with Crippen molar-refractivity contribution in [2.75, 3.05) is 25.0 Å². The number of nitrogens with one attached hydrogen (secondary N) is 3. The number of aromatic nitrogens is 1. The molecule has 2 aliphatic heterocycles. The minimum Gasteiger partial charge on any atom is -0.383 e. The Morgan fingerprint density at radius 2 is 2.00 bits per heavy atom. The molecule has 1 fully saturated rings. The number of pyridine rings is 1. The van der Waals surface area contributed by atoms with Crippen LogP contribution in [0.2, 0.25) is 0 Å². The van der Waals surface area contributed by atoms with Crippen molar-refractivity contribution in [1.82, 2.24) is 10.3 Å². The zero-order valence-electron chi connectivity index (χ0n) is 9.31. The number of fused-ring (bicyclic) bond motifs is 1. The normalized spacial score (nSPS) is 20.5. The molecule has 0 aliphatic carbocycles. The lowest BCUT2D eigenvalue weighted by atomic mass is 9.91. The standard InChI is InChI=1S/C12H17N3O/c16-12-9(8-1-4-13-5-2-8)7-11-10(15-12)3-6-14-11/h7-8,13-14H,1-6H2,(H,15,16). The SMILES string of the molecule is O=c1[nH]c2c(cc1C1CCNCC1)NCC2. The Bertz CT molecular complexity index is 446. The predicted molar refractivity (Wildman–Crippen MR) is 64.1 cm³/mol. The van der Waals surface area contributed by atoms with E-state index in [1.165, 1.54) is 0 Å². The fourth-order valence-electron chi connectivity index (χ4n) is 2.70. The number of hydrogen-bond donors (Lipinski definition) is 3. The molecule has 1 aromatic rings. The number of piperidine rings is 1. The lowest BCUT2D eigenvalue weighted by Gasteiger charge is -2.22. The quantitative estimate of drug-likeness (QED) is 0.655. The highest BCUT2D eigenvalue weighted by atomic mass is 16.1. The molecule has 0 atom stereocenters. The van der Waals surface area contributed by atoms with Gasteiger partial charge in [0.15, 0.2) is 0 Å². The summed E-state index contributed by atoms with van der Waals surface area (Å²) in [4.78, 5) is 15.0. The van der Waals surface area contributed by atoms with Crippen LogP contribution < -0.4 is 16.2 Å². The first-order chi connectivity index (χ1) is 7.84. The highest BCUT2D eigenvalue weighted by Gasteiger charge is 2.21. The van der Waals surface area contributed by atoms with E-state index in [0.29, 0.717) is 5.92 Å². The average molecular weight is 219 g/mol. The first-order valence-electron chi connectivity index (χ1n) is 6.05. The Balaban J connectivity index is 1.97. The van der Waals surface area contributed by atoms with Gasteiger partial charge >= 0.3 is 0 Å². The molecule has 0 spiro atoms. The Hall–Kier alpha value is -1.29. The Kier molecular flexibility index (Phi) is 2.44. The molecule has 3 rings (SSSR count). The summed E-state index contributed by atoms with van der Waals surface area (Å²) in [7, 11) is 0. The van der Waals surface area contributed by atoms with Crippen LogP contribution >= 0.6 is 0 Å². The molecule has 0 radical (unpaired) electrons. The van der Waals surface area contributed by atoms with Crippen molar-refractivity contribution < 1.29 is 0 Å². The van der Waals surface area contributed by atoms with Gasteiger partial charge in [-0.25, -0.2) is 0 Å². The van der Waals surface area contributed by atoms with Gasteiger partial charge in [0.05, 0.1) is 5.69 Å². The molecular weight excluding hydrogens is 202 g/mol. The van der Waals surface area contributed by atoms with Crippen molar-refractivity contribution in [3.63, 3.8) is 0 Å². The number of rotatable bonds is 1. The van der Waals surface area contributed by atoms with Crippen LogP contribution in [-0.4, -0.2) is 24.6 Å². The van der Waals surface area contributed by atoms with Crippen LogP contribution in [0.1, 0.15) is 30.0 Å². The van der Waals surface area contributed by atoms with E-state index in [1.54, 1.807) is 0 Å². The van der Waals surface area contributed by atoms with Crippen LogP contribution in [0.15, 0.2) is 10.9 Å². The van der Waals surface area contributed by atoms with Crippen molar-refractivity contribution in [3.05, 3.63) is 27.7 Å². The number of anilines is 1. The number of hydrogen-bond acceptors (Lipinski definition) is 3. The lowest BCUT2D eigenvalue weighted by Crippen LogP contribution is -2.29. The third kappa shape index (κ3) is 1.63. The van der Waals surface area contributed by atoms with Gasteiger partial charge in [-0.15, -0.1) is 0 Å². The molecule has 0 unspecified atom stereocenters. The van der Waals surface area contributed by atoms with E-state index in [-0.39, 0.29) is 5.56 Å². The van der Waals surface area contributed by atoms with Crippen LogP contribution in [0.25, 0.3) is 0 Å². The van der Waals surface area contributed by atoms with Gasteiger partial charge in [0.25, 0.3) is 5.56 Å². The van der Waals surface area contributed by atoms with Gasteiger partial charge in [-0.3, -0.25) is 4.79 Å². The molecule has 86 valence electrons. The Morgan fingerprint density at radius 3 is 2.81 bits per heavy atom. The topological polar surface area (TPSA) is 56.9 Å². The highest BCUT2D eigenvalue weighted by Crippen LogP contribution is 2.27. The van der Waals surface area contributed by atoms with Gasteiger partial charge in [0.2, 0.25) is 0 Å². The van der Waals surface area contributed by atoms with Crippen molar-refractivity contribution >= 4 is 5.69 Å². The van der Waals surface area contributed by atoms with E-state index >= 15 is 0 Å². The van der Waals surface area contributed by atoms with E-state index in [2.05, 4.69) is 21.7 Å². The summed E-state index contributed by atoms with van der Waals surface area (Å²) in [5.41, 5.74) is 3.29. The lowest BCUT2D eigenvalue weighted by molar-refractivity contribution is 0.458. The summed E-state index contributed by atoms with van der Waals surface area (Å²) in [6, 6.07) is 2.07. The second-order valence-electron chi connectivity index (χ2n) is 4.65. The molecule has 0 amide bonds. The molecule has 4 nitrogen and oxygen atoms in total. The van der Waals surface area contributed by atoms with Crippen LogP contribution in [0, 0.1) is 0 Å². The predicted octanol–water partition coefficient (Wildman–Crippen LogP) is 0.810. The second kappa shape index (κ2) is 3.94. The van der Waals surface area contributed by atoms with Crippen molar-refractivity contribution in [2.24, 2.45) is 0 Å². The molecule has 1 aromatic heterocycles. The first kappa shape index (κ1) is 9.90. The molecule has 16 heavy (non-hydrogen) atoms. The number of aromatic amines is 1. The minimum absolute atomic E-state index is 0.120. The maximum atomic E-state index is 12.0. The van der Waals surface area contributed by atoms with Crippen LogP contribution in [0.3, 0.4) is 0 Å². The molecule has 4 heteroatoms. The first-order valence-corrected chi connectivity index (χ1v) is 6.05. The van der Waals surface area contributed by atoms with E-state index in [0.717, 1.165) is 55.8 Å². The summed E-state index contributed by atoms with van der Waals surface area (Å²) in [5.74, 6) is 0.428.